The molecule has 2 aromatic rings. The molecule has 1 N–H and O–H groups in total. The van der Waals surface area contributed by atoms with Crippen LogP contribution in [0.1, 0.15) is 45.4 Å². The molecule has 6 nitrogen and oxygen atoms in total. The molecule has 158 valence electrons. The molecule has 1 amide bonds. The number of nitrogens with one attached hydrogen (secondary N) is 1. The van der Waals surface area contributed by atoms with Crippen molar-refractivity contribution >= 4 is 33.0 Å². The minimum Gasteiger partial charge on any atom is -0.495 e. The van der Waals surface area contributed by atoms with Crippen molar-refractivity contribution in [2.24, 2.45) is 0 Å². The number of amides is 1. The highest BCUT2D eigenvalue weighted by Crippen LogP contribution is 2.35. The molecule has 3 rings (SSSR count). The van der Waals surface area contributed by atoms with Gasteiger partial charge in [0.25, 0.3) is 10.0 Å². The summed E-state index contributed by atoms with van der Waals surface area (Å²) < 4.78 is 33.7. The van der Waals surface area contributed by atoms with Crippen LogP contribution in [0.4, 0.5) is 5.69 Å². The SMILES string of the molecule is COc1ccccc1N([C@@H](C)C(=O)NC1CCCCCC1)S(=O)(=O)c1cccs1. The molecule has 0 unspecified atom stereocenters. The molecule has 1 saturated carbocycles. The van der Waals surface area contributed by atoms with Crippen LogP contribution >= 0.6 is 11.3 Å². The second-order valence-electron chi connectivity index (χ2n) is 7.28. The molecule has 0 saturated heterocycles. The van der Waals surface area contributed by atoms with E-state index in [0.29, 0.717) is 11.4 Å². The predicted octanol–water partition coefficient (Wildman–Crippen LogP) is 4.18. The van der Waals surface area contributed by atoms with Gasteiger partial charge in [0.1, 0.15) is 16.0 Å². The van der Waals surface area contributed by atoms with Crippen LogP contribution in [0.3, 0.4) is 0 Å². The Morgan fingerprint density at radius 3 is 2.45 bits per heavy atom. The maximum atomic E-state index is 13.5. The number of para-hydroxylation sites is 2. The molecule has 1 heterocycles. The summed E-state index contributed by atoms with van der Waals surface area (Å²) >= 11 is 1.13. The Morgan fingerprint density at radius 1 is 1.14 bits per heavy atom. The Kier molecular flexibility index (Phi) is 7.18. The van der Waals surface area contributed by atoms with Crippen molar-refractivity contribution < 1.29 is 17.9 Å². The molecular formula is C21H28N2O4S2. The molecule has 0 aliphatic heterocycles. The van der Waals surface area contributed by atoms with Gasteiger partial charge in [0, 0.05) is 6.04 Å². The van der Waals surface area contributed by atoms with Crippen LogP contribution in [-0.4, -0.2) is 33.5 Å². The minimum atomic E-state index is -3.92. The van der Waals surface area contributed by atoms with Crippen LogP contribution in [0, 0.1) is 0 Å². The Bertz CT molecular complexity index is 905. The Morgan fingerprint density at radius 2 is 1.83 bits per heavy atom. The number of methoxy groups -OCH3 is 1. The third-order valence-electron chi connectivity index (χ3n) is 5.26. The molecule has 1 aromatic heterocycles. The third kappa shape index (κ3) is 4.93. The fraction of sp³-hybridized carbons (Fsp3) is 0.476. The molecule has 1 aromatic carbocycles. The van der Waals surface area contributed by atoms with Crippen molar-refractivity contribution in [1.82, 2.24) is 5.32 Å². The molecular weight excluding hydrogens is 408 g/mol. The number of hydrogen-bond donors (Lipinski definition) is 1. The lowest BCUT2D eigenvalue weighted by molar-refractivity contribution is -0.122. The van der Waals surface area contributed by atoms with Crippen LogP contribution in [-0.2, 0) is 14.8 Å². The number of thiophene rings is 1. The quantitative estimate of drug-likeness (QED) is 0.661. The van der Waals surface area contributed by atoms with E-state index in [1.165, 1.54) is 24.3 Å². The third-order valence-corrected chi connectivity index (χ3v) is 8.52. The first-order chi connectivity index (χ1) is 13.9. The van der Waals surface area contributed by atoms with E-state index in [-0.39, 0.29) is 16.2 Å². The molecule has 1 aliphatic carbocycles. The van der Waals surface area contributed by atoms with E-state index in [1.54, 1.807) is 48.7 Å². The first-order valence-electron chi connectivity index (χ1n) is 9.96. The molecule has 0 bridgehead atoms. The molecule has 1 atom stereocenters. The average Bonchev–Trinajstić information content (AvgIpc) is 3.15. The summed E-state index contributed by atoms with van der Waals surface area (Å²) in [5, 5.41) is 4.79. The van der Waals surface area contributed by atoms with E-state index in [4.69, 9.17) is 4.74 Å². The molecule has 0 spiro atoms. The summed E-state index contributed by atoms with van der Waals surface area (Å²) in [5.74, 6) is 0.115. The molecule has 8 heteroatoms. The summed E-state index contributed by atoms with van der Waals surface area (Å²) in [5.41, 5.74) is 0.354. The van der Waals surface area contributed by atoms with Gasteiger partial charge in [-0.1, -0.05) is 43.9 Å². The summed E-state index contributed by atoms with van der Waals surface area (Å²) in [7, 11) is -2.43. The van der Waals surface area contributed by atoms with Gasteiger partial charge in [-0.3, -0.25) is 4.79 Å². The second kappa shape index (κ2) is 9.63. The number of anilines is 1. The molecule has 1 aliphatic rings. The summed E-state index contributed by atoms with van der Waals surface area (Å²) in [6.07, 6.45) is 6.41. The normalized spacial score (nSPS) is 16.6. The number of carbonyl (C=O) groups excluding carboxylic acids is 1. The van der Waals surface area contributed by atoms with E-state index in [2.05, 4.69) is 5.32 Å². The van der Waals surface area contributed by atoms with Crippen LogP contribution < -0.4 is 14.4 Å². The zero-order valence-corrected chi connectivity index (χ0v) is 18.5. The zero-order chi connectivity index (χ0) is 20.9. The van der Waals surface area contributed by atoms with Gasteiger partial charge in [0.05, 0.1) is 12.8 Å². The van der Waals surface area contributed by atoms with Gasteiger partial charge in [0.15, 0.2) is 0 Å². The highest BCUT2D eigenvalue weighted by Gasteiger charge is 2.36. The fourth-order valence-electron chi connectivity index (χ4n) is 3.72. The van der Waals surface area contributed by atoms with Crippen molar-refractivity contribution in [2.45, 2.75) is 61.7 Å². The Labute approximate surface area is 176 Å². The van der Waals surface area contributed by atoms with E-state index in [0.717, 1.165) is 37.0 Å². The maximum Gasteiger partial charge on any atom is 0.274 e. The van der Waals surface area contributed by atoms with Gasteiger partial charge in [-0.15, -0.1) is 11.3 Å². The lowest BCUT2D eigenvalue weighted by atomic mass is 10.1. The number of hydrogen-bond acceptors (Lipinski definition) is 5. The number of sulfonamides is 1. The smallest absolute Gasteiger partial charge is 0.274 e. The van der Waals surface area contributed by atoms with E-state index < -0.39 is 16.1 Å². The molecule has 0 radical (unpaired) electrons. The number of carbonyl (C=O) groups is 1. The van der Waals surface area contributed by atoms with Crippen LogP contribution in [0.15, 0.2) is 46.0 Å². The van der Waals surface area contributed by atoms with Crippen molar-refractivity contribution in [3.8, 4) is 5.75 Å². The number of benzene rings is 1. The Balaban J connectivity index is 1.95. The fourth-order valence-corrected chi connectivity index (χ4v) is 6.43. The van der Waals surface area contributed by atoms with Crippen molar-refractivity contribution in [1.29, 1.82) is 0 Å². The van der Waals surface area contributed by atoms with Gasteiger partial charge in [-0.2, -0.15) is 0 Å². The monoisotopic (exact) mass is 436 g/mol. The van der Waals surface area contributed by atoms with Crippen LogP contribution in [0.25, 0.3) is 0 Å². The van der Waals surface area contributed by atoms with Gasteiger partial charge in [-0.25, -0.2) is 12.7 Å². The standard InChI is InChI=1S/C21H28N2O4S2/c1-16(21(24)22-17-10-5-3-4-6-11-17)23(18-12-7-8-13-19(18)27-2)29(25,26)20-14-9-15-28-20/h7-9,12-17H,3-6,10-11H2,1-2H3,(H,22,24)/t16-/m0/s1. The maximum absolute atomic E-state index is 13.5. The first kappa shape index (κ1) is 21.6. The van der Waals surface area contributed by atoms with Gasteiger partial charge in [-0.05, 0) is 43.3 Å². The first-order valence-corrected chi connectivity index (χ1v) is 12.3. The average molecular weight is 437 g/mol. The van der Waals surface area contributed by atoms with Gasteiger partial charge in [0.2, 0.25) is 5.91 Å². The lowest BCUT2D eigenvalue weighted by Crippen LogP contribution is -2.50. The largest absolute Gasteiger partial charge is 0.495 e. The number of rotatable bonds is 7. The summed E-state index contributed by atoms with van der Waals surface area (Å²) in [6, 6.07) is 9.30. The van der Waals surface area contributed by atoms with Gasteiger partial charge >= 0.3 is 0 Å². The van der Waals surface area contributed by atoms with Gasteiger partial charge < -0.3 is 10.1 Å². The van der Waals surface area contributed by atoms with Crippen molar-refractivity contribution in [2.75, 3.05) is 11.4 Å². The zero-order valence-electron chi connectivity index (χ0n) is 16.8. The summed E-state index contributed by atoms with van der Waals surface area (Å²) in [4.78, 5) is 13.1. The minimum absolute atomic E-state index is 0.0939. The second-order valence-corrected chi connectivity index (χ2v) is 10.3. The van der Waals surface area contributed by atoms with Crippen LogP contribution in [0.2, 0.25) is 0 Å². The highest BCUT2D eigenvalue weighted by molar-refractivity contribution is 7.94. The van der Waals surface area contributed by atoms with Crippen molar-refractivity contribution in [3.63, 3.8) is 0 Å². The topological polar surface area (TPSA) is 75.7 Å². The lowest BCUT2D eigenvalue weighted by Gasteiger charge is -2.31. The number of ether oxygens (including phenoxy) is 1. The summed E-state index contributed by atoms with van der Waals surface area (Å²) in [6.45, 7) is 1.63. The van der Waals surface area contributed by atoms with E-state index in [1.807, 2.05) is 0 Å². The Hall–Kier alpha value is -2.06. The predicted molar refractivity (Wildman–Crippen MR) is 116 cm³/mol. The van der Waals surface area contributed by atoms with E-state index in [9.17, 15) is 13.2 Å². The van der Waals surface area contributed by atoms with Crippen molar-refractivity contribution in [3.05, 3.63) is 41.8 Å². The number of nitrogens with zero attached hydrogens (tertiary/aromatic N) is 1. The molecule has 1 fully saturated rings. The highest BCUT2D eigenvalue weighted by atomic mass is 32.2. The van der Waals surface area contributed by atoms with Crippen LogP contribution in [0.5, 0.6) is 5.75 Å². The molecule has 29 heavy (non-hydrogen) atoms. The van der Waals surface area contributed by atoms with E-state index >= 15 is 0 Å².